The molecule has 2 heterocycles. The molecule has 4 nitrogen and oxygen atoms in total. The number of dihydropyridines is 1. The van der Waals surface area contributed by atoms with E-state index in [4.69, 9.17) is 4.74 Å². The molecule has 1 fully saturated rings. The molecule has 138 valence electrons. The molecule has 1 saturated heterocycles. The molecule has 0 aromatic heterocycles. The first kappa shape index (κ1) is 18.1. The van der Waals surface area contributed by atoms with Crippen LogP contribution >= 0.6 is 0 Å². The minimum absolute atomic E-state index is 0.198. The first-order chi connectivity index (χ1) is 11.9. The SMILES string of the molecule is CC(C)(C)OC(=O)N1CCCC(=C2C=CC3=C(CCCCCC3)N2)C1. The summed E-state index contributed by atoms with van der Waals surface area (Å²) < 4.78 is 5.55. The van der Waals surface area contributed by atoms with Crippen LogP contribution in [0.5, 0.6) is 0 Å². The van der Waals surface area contributed by atoms with E-state index in [1.807, 2.05) is 25.7 Å². The third-order valence-corrected chi connectivity index (χ3v) is 5.07. The third-order valence-electron chi connectivity index (χ3n) is 5.07. The average Bonchev–Trinajstić information content (AvgIpc) is 2.54. The van der Waals surface area contributed by atoms with Gasteiger partial charge in [0.1, 0.15) is 5.60 Å². The number of carbonyl (C=O) groups is 1. The summed E-state index contributed by atoms with van der Waals surface area (Å²) in [6.45, 7) is 7.21. The summed E-state index contributed by atoms with van der Waals surface area (Å²) in [6, 6.07) is 0. The van der Waals surface area contributed by atoms with Gasteiger partial charge in [-0.05, 0) is 76.5 Å². The van der Waals surface area contributed by atoms with Crippen molar-refractivity contribution >= 4 is 6.09 Å². The van der Waals surface area contributed by atoms with Crippen LogP contribution in [0.3, 0.4) is 0 Å². The molecule has 2 aliphatic heterocycles. The molecule has 1 amide bonds. The Morgan fingerprint density at radius 3 is 2.56 bits per heavy atom. The Morgan fingerprint density at radius 2 is 1.80 bits per heavy atom. The molecule has 0 saturated carbocycles. The molecular formula is C21H32N2O2. The van der Waals surface area contributed by atoms with Crippen molar-refractivity contribution in [2.24, 2.45) is 0 Å². The number of nitrogens with one attached hydrogen (secondary N) is 1. The van der Waals surface area contributed by atoms with Crippen LogP contribution in [-0.2, 0) is 4.74 Å². The number of hydrogen-bond acceptors (Lipinski definition) is 3. The Hall–Kier alpha value is -1.71. The van der Waals surface area contributed by atoms with E-state index in [9.17, 15) is 4.79 Å². The zero-order valence-electron chi connectivity index (χ0n) is 16.0. The van der Waals surface area contributed by atoms with Gasteiger partial charge >= 0.3 is 6.09 Å². The van der Waals surface area contributed by atoms with E-state index in [1.165, 1.54) is 54.6 Å². The maximum atomic E-state index is 12.4. The molecule has 3 aliphatic rings. The molecule has 1 aliphatic carbocycles. The molecular weight excluding hydrogens is 312 g/mol. The standard InChI is InChI=1S/C21H32N2O2/c1-21(2,3)25-20(24)23-14-8-10-17(15-23)19-13-12-16-9-6-4-5-7-11-18(16)22-19/h12-13,22H,4-11,14-15H2,1-3H3. The van der Waals surface area contributed by atoms with Crippen molar-refractivity contribution in [1.82, 2.24) is 10.2 Å². The van der Waals surface area contributed by atoms with Gasteiger partial charge in [0.05, 0.1) is 0 Å². The Kier molecular flexibility index (Phi) is 5.55. The lowest BCUT2D eigenvalue weighted by atomic mass is 9.93. The number of nitrogens with zero attached hydrogens (tertiary/aromatic N) is 1. The normalized spacial score (nSPS) is 25.0. The Labute approximate surface area is 152 Å². The summed E-state index contributed by atoms with van der Waals surface area (Å²) in [6.07, 6.45) is 13.9. The second kappa shape index (κ2) is 7.67. The average molecular weight is 344 g/mol. The summed E-state index contributed by atoms with van der Waals surface area (Å²) in [5, 5.41) is 3.69. The van der Waals surface area contributed by atoms with Crippen LogP contribution < -0.4 is 5.32 Å². The first-order valence-electron chi connectivity index (χ1n) is 9.79. The monoisotopic (exact) mass is 344 g/mol. The van der Waals surface area contributed by atoms with Crippen LogP contribution in [0.15, 0.2) is 34.7 Å². The van der Waals surface area contributed by atoms with Gasteiger partial charge in [-0.25, -0.2) is 4.79 Å². The van der Waals surface area contributed by atoms with Crippen molar-refractivity contribution in [1.29, 1.82) is 0 Å². The predicted octanol–water partition coefficient (Wildman–Crippen LogP) is 5.04. The van der Waals surface area contributed by atoms with Gasteiger partial charge in [0, 0.05) is 24.5 Å². The molecule has 0 aromatic rings. The highest BCUT2D eigenvalue weighted by molar-refractivity contribution is 5.69. The van der Waals surface area contributed by atoms with Crippen molar-refractivity contribution in [3.05, 3.63) is 34.7 Å². The van der Waals surface area contributed by atoms with Crippen molar-refractivity contribution in [3.63, 3.8) is 0 Å². The lowest BCUT2D eigenvalue weighted by Crippen LogP contribution is -2.41. The summed E-state index contributed by atoms with van der Waals surface area (Å²) in [7, 11) is 0. The van der Waals surface area contributed by atoms with Crippen LogP contribution in [0.25, 0.3) is 0 Å². The lowest BCUT2D eigenvalue weighted by Gasteiger charge is -2.33. The minimum Gasteiger partial charge on any atom is -0.444 e. The maximum Gasteiger partial charge on any atom is 0.410 e. The van der Waals surface area contributed by atoms with Gasteiger partial charge in [0.25, 0.3) is 0 Å². The van der Waals surface area contributed by atoms with E-state index in [2.05, 4.69) is 17.5 Å². The first-order valence-corrected chi connectivity index (χ1v) is 9.79. The number of amides is 1. The second-order valence-electron chi connectivity index (χ2n) is 8.40. The van der Waals surface area contributed by atoms with Crippen molar-refractivity contribution in [2.75, 3.05) is 13.1 Å². The number of hydrogen-bond donors (Lipinski definition) is 1. The molecule has 0 atom stereocenters. The van der Waals surface area contributed by atoms with Crippen LogP contribution in [0.4, 0.5) is 4.79 Å². The van der Waals surface area contributed by atoms with Gasteiger partial charge < -0.3 is 15.0 Å². The smallest absolute Gasteiger partial charge is 0.410 e. The fourth-order valence-corrected chi connectivity index (χ4v) is 3.78. The number of allylic oxidation sites excluding steroid dienone is 4. The fraction of sp³-hybridized carbons (Fsp3) is 0.667. The summed E-state index contributed by atoms with van der Waals surface area (Å²) in [4.78, 5) is 14.2. The van der Waals surface area contributed by atoms with Crippen molar-refractivity contribution < 1.29 is 9.53 Å². The fourth-order valence-electron chi connectivity index (χ4n) is 3.78. The Morgan fingerprint density at radius 1 is 1.04 bits per heavy atom. The largest absolute Gasteiger partial charge is 0.444 e. The molecule has 0 bridgehead atoms. The Balaban J connectivity index is 1.70. The van der Waals surface area contributed by atoms with Crippen molar-refractivity contribution in [2.45, 2.75) is 77.7 Å². The third kappa shape index (κ3) is 4.90. The van der Waals surface area contributed by atoms with Crippen molar-refractivity contribution in [3.8, 4) is 0 Å². The highest BCUT2D eigenvalue weighted by Gasteiger charge is 2.26. The lowest BCUT2D eigenvalue weighted by molar-refractivity contribution is 0.0246. The Bertz CT molecular complexity index is 608. The zero-order chi connectivity index (χ0) is 17.9. The maximum absolute atomic E-state index is 12.4. The molecule has 0 aromatic carbocycles. The van der Waals surface area contributed by atoms with Crippen LogP contribution in [0, 0.1) is 0 Å². The van der Waals surface area contributed by atoms with Crippen LogP contribution in [-0.4, -0.2) is 29.7 Å². The molecule has 3 rings (SSSR count). The van der Waals surface area contributed by atoms with Gasteiger partial charge in [-0.2, -0.15) is 0 Å². The summed E-state index contributed by atoms with van der Waals surface area (Å²) in [5.74, 6) is 0. The molecule has 1 N–H and O–H groups in total. The van der Waals surface area contributed by atoms with E-state index < -0.39 is 5.60 Å². The highest BCUT2D eigenvalue weighted by Crippen LogP contribution is 2.29. The van der Waals surface area contributed by atoms with E-state index in [1.54, 1.807) is 0 Å². The van der Waals surface area contributed by atoms with E-state index in [0.717, 1.165) is 25.8 Å². The minimum atomic E-state index is -0.441. The number of ether oxygens (including phenoxy) is 1. The molecule has 25 heavy (non-hydrogen) atoms. The molecule has 0 spiro atoms. The number of rotatable bonds is 0. The summed E-state index contributed by atoms with van der Waals surface area (Å²) in [5.41, 5.74) is 4.96. The number of likely N-dealkylation sites (tertiary alicyclic amines) is 1. The van der Waals surface area contributed by atoms with Gasteiger partial charge in [-0.3, -0.25) is 0 Å². The number of piperidine rings is 1. The number of carbonyl (C=O) groups excluding carboxylic acids is 1. The molecule has 4 heteroatoms. The topological polar surface area (TPSA) is 41.6 Å². The van der Waals surface area contributed by atoms with E-state index in [0.29, 0.717) is 6.54 Å². The van der Waals surface area contributed by atoms with Gasteiger partial charge in [-0.15, -0.1) is 0 Å². The zero-order valence-corrected chi connectivity index (χ0v) is 16.0. The highest BCUT2D eigenvalue weighted by atomic mass is 16.6. The molecule has 0 unspecified atom stereocenters. The second-order valence-corrected chi connectivity index (χ2v) is 8.40. The van der Waals surface area contributed by atoms with Gasteiger partial charge in [-0.1, -0.05) is 18.9 Å². The quantitative estimate of drug-likeness (QED) is 0.669. The van der Waals surface area contributed by atoms with Gasteiger partial charge in [0.15, 0.2) is 0 Å². The van der Waals surface area contributed by atoms with Crippen LogP contribution in [0.1, 0.15) is 72.1 Å². The van der Waals surface area contributed by atoms with Gasteiger partial charge in [0.2, 0.25) is 0 Å². The summed E-state index contributed by atoms with van der Waals surface area (Å²) >= 11 is 0. The van der Waals surface area contributed by atoms with E-state index >= 15 is 0 Å². The predicted molar refractivity (Wildman–Crippen MR) is 101 cm³/mol. The van der Waals surface area contributed by atoms with E-state index in [-0.39, 0.29) is 6.09 Å². The van der Waals surface area contributed by atoms with Crippen LogP contribution in [0.2, 0.25) is 0 Å². The molecule has 0 radical (unpaired) electrons.